The lowest BCUT2D eigenvalue weighted by molar-refractivity contribution is -0.0312. The van der Waals surface area contributed by atoms with Gasteiger partial charge in [-0.1, -0.05) is 0 Å². The number of rotatable bonds is 4. The highest BCUT2D eigenvalue weighted by Crippen LogP contribution is 2.13. The summed E-state index contributed by atoms with van der Waals surface area (Å²) in [5.74, 6) is 0.872. The maximum Gasteiger partial charge on any atom is 0.125 e. The number of hydrogen-bond donors (Lipinski definition) is 2. The number of pyridine rings is 1. The monoisotopic (exact) mass is 237 g/mol. The molecule has 1 saturated heterocycles. The van der Waals surface area contributed by atoms with E-state index in [0.29, 0.717) is 6.61 Å². The van der Waals surface area contributed by atoms with Crippen LogP contribution in [0.3, 0.4) is 0 Å². The average molecular weight is 237 g/mol. The zero-order valence-corrected chi connectivity index (χ0v) is 10.1. The average Bonchev–Trinajstić information content (AvgIpc) is 2.39. The fourth-order valence-corrected chi connectivity index (χ4v) is 2.01. The van der Waals surface area contributed by atoms with Crippen LogP contribution in [0.25, 0.3) is 0 Å². The molecule has 94 valence electrons. The third-order valence-corrected chi connectivity index (χ3v) is 3.03. The molecule has 2 N–H and O–H groups in total. The summed E-state index contributed by atoms with van der Waals surface area (Å²) in [7, 11) is 1.86. The topological polar surface area (TPSA) is 57.6 Å². The molecular weight excluding hydrogens is 218 g/mol. The number of nitrogens with zero attached hydrogens (tertiary/aromatic N) is 2. The Morgan fingerprint density at radius 3 is 3.29 bits per heavy atom. The fourth-order valence-electron chi connectivity index (χ4n) is 2.01. The molecule has 0 aliphatic carbocycles. The quantitative estimate of drug-likeness (QED) is 0.789. The third-order valence-electron chi connectivity index (χ3n) is 3.03. The molecule has 5 heteroatoms. The van der Waals surface area contributed by atoms with Gasteiger partial charge in [-0.3, -0.25) is 4.90 Å². The molecule has 1 aliphatic heterocycles. The lowest BCUT2D eigenvalue weighted by atomic mass is 10.2. The Morgan fingerprint density at radius 1 is 1.65 bits per heavy atom. The van der Waals surface area contributed by atoms with Crippen LogP contribution in [-0.4, -0.2) is 54.4 Å². The fraction of sp³-hybridized carbons (Fsp3) is 0.583. The van der Waals surface area contributed by atoms with Crippen molar-refractivity contribution in [3.63, 3.8) is 0 Å². The predicted molar refractivity (Wildman–Crippen MR) is 65.9 cm³/mol. The van der Waals surface area contributed by atoms with Crippen LogP contribution in [0.4, 0.5) is 5.82 Å². The van der Waals surface area contributed by atoms with E-state index in [9.17, 15) is 5.11 Å². The van der Waals surface area contributed by atoms with Gasteiger partial charge in [-0.15, -0.1) is 0 Å². The van der Waals surface area contributed by atoms with Crippen LogP contribution in [0, 0.1) is 0 Å². The first-order valence-corrected chi connectivity index (χ1v) is 5.89. The Bertz CT molecular complexity index is 359. The van der Waals surface area contributed by atoms with Crippen LogP contribution in [-0.2, 0) is 11.3 Å². The highest BCUT2D eigenvalue weighted by Gasteiger charge is 2.22. The normalized spacial score (nSPS) is 21.4. The Labute approximate surface area is 101 Å². The molecule has 0 bridgehead atoms. The minimum absolute atomic E-state index is 0.106. The van der Waals surface area contributed by atoms with Crippen molar-refractivity contribution in [2.75, 3.05) is 38.7 Å². The minimum Gasteiger partial charge on any atom is -0.395 e. The van der Waals surface area contributed by atoms with E-state index in [1.165, 1.54) is 5.56 Å². The summed E-state index contributed by atoms with van der Waals surface area (Å²) in [6.07, 6.45) is 1.80. The van der Waals surface area contributed by atoms with Gasteiger partial charge >= 0.3 is 0 Å². The van der Waals surface area contributed by atoms with Gasteiger partial charge in [0.1, 0.15) is 5.82 Å². The summed E-state index contributed by atoms with van der Waals surface area (Å²) in [5, 5.41) is 12.3. The molecule has 1 aromatic heterocycles. The first kappa shape index (κ1) is 12.3. The minimum atomic E-state index is 0.106. The van der Waals surface area contributed by atoms with E-state index in [1.54, 1.807) is 6.20 Å². The van der Waals surface area contributed by atoms with E-state index in [2.05, 4.69) is 15.2 Å². The molecule has 1 aliphatic rings. The van der Waals surface area contributed by atoms with Crippen LogP contribution >= 0.6 is 0 Å². The molecule has 2 rings (SSSR count). The van der Waals surface area contributed by atoms with Gasteiger partial charge < -0.3 is 15.2 Å². The first-order valence-electron chi connectivity index (χ1n) is 5.89. The summed E-state index contributed by atoms with van der Waals surface area (Å²) >= 11 is 0. The van der Waals surface area contributed by atoms with E-state index in [4.69, 9.17) is 4.74 Å². The number of ether oxygens (including phenoxy) is 1. The number of morpholine rings is 1. The van der Waals surface area contributed by atoms with Crippen molar-refractivity contribution in [3.05, 3.63) is 23.9 Å². The van der Waals surface area contributed by atoms with E-state index in [1.807, 2.05) is 19.2 Å². The molecule has 0 spiro atoms. The largest absolute Gasteiger partial charge is 0.395 e. The third kappa shape index (κ3) is 3.15. The highest BCUT2D eigenvalue weighted by molar-refractivity contribution is 5.36. The van der Waals surface area contributed by atoms with Crippen molar-refractivity contribution in [1.29, 1.82) is 0 Å². The summed E-state index contributed by atoms with van der Waals surface area (Å²) < 4.78 is 5.36. The molecular formula is C12H19N3O2. The Hall–Kier alpha value is -1.17. The maximum atomic E-state index is 9.29. The van der Waals surface area contributed by atoms with Gasteiger partial charge in [-0.2, -0.15) is 0 Å². The molecule has 5 nitrogen and oxygen atoms in total. The Morgan fingerprint density at radius 2 is 2.53 bits per heavy atom. The molecule has 1 unspecified atom stereocenters. The van der Waals surface area contributed by atoms with Crippen LogP contribution in [0.1, 0.15) is 5.56 Å². The number of aliphatic hydroxyl groups is 1. The maximum absolute atomic E-state index is 9.29. The molecule has 0 radical (unpaired) electrons. The molecule has 2 heterocycles. The second-order valence-electron chi connectivity index (χ2n) is 4.18. The van der Waals surface area contributed by atoms with Crippen molar-refractivity contribution < 1.29 is 9.84 Å². The van der Waals surface area contributed by atoms with Gasteiger partial charge in [-0.05, 0) is 17.7 Å². The van der Waals surface area contributed by atoms with Gasteiger partial charge in [-0.25, -0.2) is 4.98 Å². The van der Waals surface area contributed by atoms with Crippen LogP contribution < -0.4 is 5.32 Å². The van der Waals surface area contributed by atoms with Crippen LogP contribution in [0.15, 0.2) is 18.3 Å². The molecule has 0 saturated carbocycles. The van der Waals surface area contributed by atoms with Crippen LogP contribution in [0.2, 0.25) is 0 Å². The zero-order chi connectivity index (χ0) is 12.1. The molecule has 0 amide bonds. The number of aromatic nitrogens is 1. The first-order chi connectivity index (χ1) is 8.33. The molecule has 0 aromatic carbocycles. The molecule has 1 fully saturated rings. The van der Waals surface area contributed by atoms with Crippen LogP contribution in [0.5, 0.6) is 0 Å². The van der Waals surface area contributed by atoms with Crippen molar-refractivity contribution in [2.24, 2.45) is 0 Å². The zero-order valence-electron chi connectivity index (χ0n) is 10.1. The Kier molecular flexibility index (Phi) is 4.30. The molecule has 17 heavy (non-hydrogen) atoms. The van der Waals surface area contributed by atoms with Crippen molar-refractivity contribution in [3.8, 4) is 0 Å². The number of anilines is 1. The summed E-state index contributed by atoms with van der Waals surface area (Å²) in [6, 6.07) is 4.14. The lowest BCUT2D eigenvalue weighted by Crippen LogP contribution is -2.46. The van der Waals surface area contributed by atoms with Crippen molar-refractivity contribution in [2.45, 2.75) is 12.6 Å². The van der Waals surface area contributed by atoms with Gasteiger partial charge in [0.15, 0.2) is 0 Å². The van der Waals surface area contributed by atoms with E-state index in [-0.39, 0.29) is 12.6 Å². The van der Waals surface area contributed by atoms with Crippen molar-refractivity contribution >= 4 is 5.82 Å². The van der Waals surface area contributed by atoms with Gasteiger partial charge in [0, 0.05) is 26.3 Å². The predicted octanol–water partition coefficient (Wildman–Crippen LogP) is 0.316. The van der Waals surface area contributed by atoms with Crippen molar-refractivity contribution in [1.82, 2.24) is 9.88 Å². The highest BCUT2D eigenvalue weighted by atomic mass is 16.5. The summed E-state index contributed by atoms with van der Waals surface area (Å²) in [5.41, 5.74) is 1.20. The Balaban J connectivity index is 2.02. The van der Waals surface area contributed by atoms with Gasteiger partial charge in [0.25, 0.3) is 0 Å². The van der Waals surface area contributed by atoms with E-state index in [0.717, 1.165) is 25.5 Å². The van der Waals surface area contributed by atoms with E-state index < -0.39 is 0 Å². The second-order valence-corrected chi connectivity index (χ2v) is 4.18. The van der Waals surface area contributed by atoms with Gasteiger partial charge in [0.2, 0.25) is 0 Å². The SMILES string of the molecule is CNc1cc(CN2CCOCC2CO)ccn1. The van der Waals surface area contributed by atoms with Gasteiger partial charge in [0.05, 0.1) is 25.9 Å². The molecule has 1 atom stereocenters. The second kappa shape index (κ2) is 5.95. The summed E-state index contributed by atoms with van der Waals surface area (Å²) in [4.78, 5) is 6.43. The standard InChI is InChI=1S/C12H19N3O2/c1-13-12-6-10(2-3-14-12)7-15-4-5-17-9-11(15)8-16/h2-3,6,11,16H,4-5,7-9H2,1H3,(H,13,14). The number of aliphatic hydroxyl groups excluding tert-OH is 1. The smallest absolute Gasteiger partial charge is 0.125 e. The van der Waals surface area contributed by atoms with E-state index >= 15 is 0 Å². The number of hydrogen-bond acceptors (Lipinski definition) is 5. The summed E-state index contributed by atoms with van der Waals surface area (Å²) in [6.45, 7) is 3.18. The number of nitrogens with one attached hydrogen (secondary N) is 1. The molecule has 1 aromatic rings. The lowest BCUT2D eigenvalue weighted by Gasteiger charge is -2.34.